The zero-order valence-corrected chi connectivity index (χ0v) is 16.7. The van der Waals surface area contributed by atoms with Gasteiger partial charge in [-0.25, -0.2) is 4.98 Å². The lowest BCUT2D eigenvalue weighted by Gasteiger charge is -2.37. The highest BCUT2D eigenvalue weighted by atomic mass is 35.5. The molecule has 1 amide bonds. The molecule has 0 N–H and O–H groups in total. The maximum absolute atomic E-state index is 13.0. The van der Waals surface area contributed by atoms with Crippen LogP contribution >= 0.6 is 22.9 Å². The number of carbonyl (C=O) groups excluding carboxylic acids is 1. The summed E-state index contributed by atoms with van der Waals surface area (Å²) in [5.74, 6) is 0.131. The topological polar surface area (TPSA) is 36.4 Å². The highest BCUT2D eigenvalue weighted by molar-refractivity contribution is 7.17. The number of hydrogen-bond acceptors (Lipinski definition) is 4. The second kappa shape index (κ2) is 7.67. The zero-order chi connectivity index (χ0) is 18.1. The van der Waals surface area contributed by atoms with E-state index in [-0.39, 0.29) is 5.91 Å². The second-order valence-electron chi connectivity index (χ2n) is 7.21. The zero-order valence-electron chi connectivity index (χ0n) is 15.1. The molecule has 0 spiro atoms. The van der Waals surface area contributed by atoms with Gasteiger partial charge in [-0.2, -0.15) is 0 Å². The average molecular weight is 390 g/mol. The molecule has 4 rings (SSSR count). The molecule has 1 saturated heterocycles. The van der Waals surface area contributed by atoms with Gasteiger partial charge in [0.2, 0.25) is 0 Å². The van der Waals surface area contributed by atoms with E-state index in [2.05, 4.69) is 9.88 Å². The lowest BCUT2D eigenvalue weighted by Crippen LogP contribution is -2.51. The molecule has 2 aromatic rings. The summed E-state index contributed by atoms with van der Waals surface area (Å²) < 4.78 is 0. The van der Waals surface area contributed by atoms with Crippen LogP contribution in [0.1, 0.15) is 41.0 Å². The molecule has 1 aliphatic heterocycles. The lowest BCUT2D eigenvalue weighted by molar-refractivity contribution is 0.0577. The minimum absolute atomic E-state index is 0.131. The van der Waals surface area contributed by atoms with Gasteiger partial charge < -0.3 is 4.90 Å². The quantitative estimate of drug-likeness (QED) is 0.776. The molecule has 0 atom stereocenters. The van der Waals surface area contributed by atoms with E-state index < -0.39 is 0 Å². The Bertz CT molecular complexity index is 775. The maximum Gasteiger partial charge on any atom is 0.265 e. The van der Waals surface area contributed by atoms with Crippen LogP contribution in [0.5, 0.6) is 0 Å². The summed E-state index contributed by atoms with van der Waals surface area (Å²) in [6, 6.07) is 8.37. The number of halogens is 1. The summed E-state index contributed by atoms with van der Waals surface area (Å²) in [7, 11) is 0. The van der Waals surface area contributed by atoms with Crippen LogP contribution in [0, 0.1) is 6.92 Å². The molecule has 1 saturated carbocycles. The molecule has 1 aromatic carbocycles. The average Bonchev–Trinajstić information content (AvgIpc) is 3.32. The first-order valence-corrected chi connectivity index (χ1v) is 10.6. The molecule has 0 unspecified atom stereocenters. The van der Waals surface area contributed by atoms with Crippen molar-refractivity contribution in [1.29, 1.82) is 0 Å². The number of benzene rings is 1. The van der Waals surface area contributed by atoms with Crippen LogP contribution < -0.4 is 0 Å². The first-order valence-electron chi connectivity index (χ1n) is 9.38. The number of amides is 1. The summed E-state index contributed by atoms with van der Waals surface area (Å²) in [5.41, 5.74) is 1.83. The van der Waals surface area contributed by atoms with E-state index >= 15 is 0 Å². The summed E-state index contributed by atoms with van der Waals surface area (Å²) in [6.07, 6.45) is 5.37. The van der Waals surface area contributed by atoms with Crippen molar-refractivity contribution in [3.8, 4) is 10.6 Å². The van der Waals surface area contributed by atoms with Gasteiger partial charge in [0.15, 0.2) is 0 Å². The van der Waals surface area contributed by atoms with E-state index in [0.717, 1.165) is 53.4 Å². The van der Waals surface area contributed by atoms with Crippen molar-refractivity contribution in [1.82, 2.24) is 14.8 Å². The van der Waals surface area contributed by atoms with Crippen LogP contribution in [0.15, 0.2) is 24.3 Å². The third kappa shape index (κ3) is 3.66. The monoisotopic (exact) mass is 389 g/mol. The Morgan fingerprint density at radius 1 is 1.12 bits per heavy atom. The number of aryl methyl sites for hydroxylation is 1. The number of piperazine rings is 1. The molecule has 138 valence electrons. The molecule has 2 heterocycles. The van der Waals surface area contributed by atoms with Gasteiger partial charge in [-0.05, 0) is 31.9 Å². The SMILES string of the molecule is Cc1nc(-c2ccc(Cl)cc2)sc1C(=O)N1CCN(C2CCCC2)CC1. The fraction of sp³-hybridized carbons (Fsp3) is 0.500. The van der Waals surface area contributed by atoms with Gasteiger partial charge in [0.25, 0.3) is 5.91 Å². The number of hydrogen-bond donors (Lipinski definition) is 0. The normalized spacial score (nSPS) is 19.2. The highest BCUT2D eigenvalue weighted by Crippen LogP contribution is 2.30. The molecule has 4 nitrogen and oxygen atoms in total. The van der Waals surface area contributed by atoms with E-state index in [1.54, 1.807) is 0 Å². The van der Waals surface area contributed by atoms with Crippen molar-refractivity contribution in [2.75, 3.05) is 26.2 Å². The fourth-order valence-corrected chi connectivity index (χ4v) is 5.18. The summed E-state index contributed by atoms with van der Waals surface area (Å²) >= 11 is 7.45. The molecule has 1 aromatic heterocycles. The molecule has 1 aliphatic carbocycles. The Morgan fingerprint density at radius 2 is 1.77 bits per heavy atom. The predicted octanol–water partition coefficient (Wildman–Crippen LogP) is 4.47. The molecule has 0 bridgehead atoms. The Morgan fingerprint density at radius 3 is 2.42 bits per heavy atom. The summed E-state index contributed by atoms with van der Waals surface area (Å²) in [6.45, 7) is 5.57. The van der Waals surface area contributed by atoms with Gasteiger partial charge in [0.05, 0.1) is 5.69 Å². The van der Waals surface area contributed by atoms with Crippen molar-refractivity contribution in [2.45, 2.75) is 38.6 Å². The first kappa shape index (κ1) is 18.0. The van der Waals surface area contributed by atoms with E-state index in [4.69, 9.17) is 11.6 Å². The van der Waals surface area contributed by atoms with Gasteiger partial charge in [-0.3, -0.25) is 9.69 Å². The number of thiazole rings is 1. The summed E-state index contributed by atoms with van der Waals surface area (Å²) in [4.78, 5) is 23.0. The number of carbonyl (C=O) groups is 1. The van der Waals surface area contributed by atoms with E-state index in [1.165, 1.54) is 37.0 Å². The minimum atomic E-state index is 0.131. The molecule has 6 heteroatoms. The van der Waals surface area contributed by atoms with E-state index in [0.29, 0.717) is 5.02 Å². The number of nitrogens with zero attached hydrogens (tertiary/aromatic N) is 3. The lowest BCUT2D eigenvalue weighted by atomic mass is 10.1. The second-order valence-corrected chi connectivity index (χ2v) is 8.64. The van der Waals surface area contributed by atoms with Gasteiger partial charge in [0, 0.05) is 42.8 Å². The van der Waals surface area contributed by atoms with Crippen LogP contribution in [-0.2, 0) is 0 Å². The van der Waals surface area contributed by atoms with Gasteiger partial charge >= 0.3 is 0 Å². The Kier molecular flexibility index (Phi) is 5.30. The van der Waals surface area contributed by atoms with Crippen molar-refractivity contribution in [2.24, 2.45) is 0 Å². The smallest absolute Gasteiger partial charge is 0.265 e. The summed E-state index contributed by atoms with van der Waals surface area (Å²) in [5, 5.41) is 1.59. The Balaban J connectivity index is 1.44. The maximum atomic E-state index is 13.0. The van der Waals surface area contributed by atoms with Crippen molar-refractivity contribution in [3.05, 3.63) is 39.9 Å². The molecular formula is C20H24ClN3OS. The van der Waals surface area contributed by atoms with Crippen LogP contribution in [0.2, 0.25) is 5.02 Å². The first-order chi connectivity index (χ1) is 12.6. The Labute approximate surface area is 163 Å². The standard InChI is InChI=1S/C20H24ClN3OS/c1-14-18(26-19(22-14)15-6-8-16(21)9-7-15)20(25)24-12-10-23(11-13-24)17-4-2-3-5-17/h6-9,17H,2-5,10-13H2,1H3. The van der Waals surface area contributed by atoms with Crippen molar-refractivity contribution in [3.63, 3.8) is 0 Å². The largest absolute Gasteiger partial charge is 0.335 e. The molecule has 2 aliphatic rings. The van der Waals surface area contributed by atoms with Crippen LogP contribution in [0.3, 0.4) is 0 Å². The third-order valence-electron chi connectivity index (χ3n) is 5.52. The van der Waals surface area contributed by atoms with E-state index in [1.807, 2.05) is 36.1 Å². The van der Waals surface area contributed by atoms with E-state index in [9.17, 15) is 4.79 Å². The molecule has 26 heavy (non-hydrogen) atoms. The predicted molar refractivity (Wildman–Crippen MR) is 107 cm³/mol. The molecule has 2 fully saturated rings. The molecular weight excluding hydrogens is 366 g/mol. The number of rotatable bonds is 3. The highest BCUT2D eigenvalue weighted by Gasteiger charge is 2.29. The Hall–Kier alpha value is -1.43. The van der Waals surface area contributed by atoms with Gasteiger partial charge in [0.1, 0.15) is 9.88 Å². The third-order valence-corrected chi connectivity index (χ3v) is 6.97. The van der Waals surface area contributed by atoms with Gasteiger partial charge in [-0.1, -0.05) is 36.6 Å². The van der Waals surface area contributed by atoms with Crippen molar-refractivity contribution < 1.29 is 4.79 Å². The van der Waals surface area contributed by atoms with Crippen LogP contribution in [-0.4, -0.2) is 52.9 Å². The molecule has 0 radical (unpaired) electrons. The minimum Gasteiger partial charge on any atom is -0.335 e. The fourth-order valence-electron chi connectivity index (χ4n) is 4.01. The van der Waals surface area contributed by atoms with Crippen molar-refractivity contribution >= 4 is 28.8 Å². The van der Waals surface area contributed by atoms with Crippen LogP contribution in [0.25, 0.3) is 10.6 Å². The van der Waals surface area contributed by atoms with Gasteiger partial charge in [-0.15, -0.1) is 11.3 Å². The van der Waals surface area contributed by atoms with Crippen LogP contribution in [0.4, 0.5) is 0 Å². The number of aromatic nitrogens is 1.